The molecule has 0 spiro atoms. The zero-order valence-electron chi connectivity index (χ0n) is 10.8. The van der Waals surface area contributed by atoms with Gasteiger partial charge in [-0.05, 0) is 37.8 Å². The van der Waals surface area contributed by atoms with E-state index in [0.29, 0.717) is 24.1 Å². The maximum absolute atomic E-state index is 5.84. The standard InChI is InChI=1S/C13H21N3O/c1-9(2)8-17-12-10(14)4-5-11(15-12)16-13(3)6-7-13/h4-5,9H,6-8,14H2,1-3H3,(H,15,16). The Bertz CT molecular complexity index is 400. The van der Waals surface area contributed by atoms with E-state index in [4.69, 9.17) is 10.5 Å². The molecule has 4 nitrogen and oxygen atoms in total. The van der Waals surface area contributed by atoms with Gasteiger partial charge in [-0.3, -0.25) is 0 Å². The van der Waals surface area contributed by atoms with Gasteiger partial charge in [-0.1, -0.05) is 13.8 Å². The van der Waals surface area contributed by atoms with Crippen LogP contribution in [-0.4, -0.2) is 17.1 Å². The molecule has 0 amide bonds. The molecule has 1 saturated carbocycles. The number of nitrogens with one attached hydrogen (secondary N) is 1. The van der Waals surface area contributed by atoms with E-state index in [1.165, 1.54) is 12.8 Å². The van der Waals surface area contributed by atoms with E-state index in [2.05, 4.69) is 31.1 Å². The van der Waals surface area contributed by atoms with Gasteiger partial charge < -0.3 is 15.8 Å². The number of ether oxygens (including phenoxy) is 1. The molecular formula is C13H21N3O. The Morgan fingerprint density at radius 3 is 2.76 bits per heavy atom. The normalized spacial score (nSPS) is 16.9. The van der Waals surface area contributed by atoms with Crippen LogP contribution in [0.4, 0.5) is 11.5 Å². The quantitative estimate of drug-likeness (QED) is 0.823. The van der Waals surface area contributed by atoms with Crippen molar-refractivity contribution in [1.29, 1.82) is 0 Å². The number of nitrogens with zero attached hydrogens (tertiary/aromatic N) is 1. The van der Waals surface area contributed by atoms with Crippen LogP contribution in [0.15, 0.2) is 12.1 Å². The highest BCUT2D eigenvalue weighted by molar-refractivity contribution is 5.54. The first kappa shape index (κ1) is 12.0. The van der Waals surface area contributed by atoms with Gasteiger partial charge in [0.1, 0.15) is 5.82 Å². The van der Waals surface area contributed by atoms with Crippen LogP contribution in [0.2, 0.25) is 0 Å². The maximum Gasteiger partial charge on any atom is 0.239 e. The van der Waals surface area contributed by atoms with E-state index in [0.717, 1.165) is 5.82 Å². The highest BCUT2D eigenvalue weighted by atomic mass is 16.5. The monoisotopic (exact) mass is 235 g/mol. The van der Waals surface area contributed by atoms with Crippen molar-refractivity contribution in [2.24, 2.45) is 5.92 Å². The Kier molecular flexibility index (Phi) is 3.13. The van der Waals surface area contributed by atoms with Gasteiger partial charge in [0.15, 0.2) is 0 Å². The van der Waals surface area contributed by atoms with E-state index in [9.17, 15) is 0 Å². The van der Waals surface area contributed by atoms with Crippen molar-refractivity contribution in [3.8, 4) is 5.88 Å². The van der Waals surface area contributed by atoms with Gasteiger partial charge in [-0.2, -0.15) is 4.98 Å². The molecule has 0 saturated heterocycles. The van der Waals surface area contributed by atoms with E-state index in [1.54, 1.807) is 0 Å². The highest BCUT2D eigenvalue weighted by Gasteiger charge is 2.37. The van der Waals surface area contributed by atoms with Crippen LogP contribution < -0.4 is 15.8 Å². The third-order valence-electron chi connectivity index (χ3n) is 2.87. The average Bonchev–Trinajstić information content (AvgIpc) is 2.97. The predicted molar refractivity (Wildman–Crippen MR) is 70.2 cm³/mol. The largest absolute Gasteiger partial charge is 0.476 e. The third kappa shape index (κ3) is 3.25. The lowest BCUT2D eigenvalue weighted by molar-refractivity contribution is 0.263. The summed E-state index contributed by atoms with van der Waals surface area (Å²) in [6.07, 6.45) is 2.39. The molecule has 1 aromatic heterocycles. The fourth-order valence-electron chi connectivity index (χ4n) is 1.50. The predicted octanol–water partition coefficient (Wildman–Crippen LogP) is 2.66. The molecule has 0 aliphatic heterocycles. The average molecular weight is 235 g/mol. The zero-order chi connectivity index (χ0) is 12.5. The van der Waals surface area contributed by atoms with E-state index in [1.807, 2.05) is 12.1 Å². The SMILES string of the molecule is CC(C)COc1nc(NC2(C)CC2)ccc1N. The lowest BCUT2D eigenvalue weighted by Gasteiger charge is -2.15. The lowest BCUT2D eigenvalue weighted by Crippen LogP contribution is -2.17. The second-order valence-corrected chi connectivity index (χ2v) is 5.48. The molecule has 0 unspecified atom stereocenters. The van der Waals surface area contributed by atoms with Crippen molar-refractivity contribution < 1.29 is 4.74 Å². The Morgan fingerprint density at radius 2 is 2.18 bits per heavy atom. The summed E-state index contributed by atoms with van der Waals surface area (Å²) in [6.45, 7) is 7.03. The molecule has 0 bridgehead atoms. The van der Waals surface area contributed by atoms with Crippen LogP contribution in [0.1, 0.15) is 33.6 Å². The maximum atomic E-state index is 5.84. The van der Waals surface area contributed by atoms with E-state index < -0.39 is 0 Å². The molecule has 1 aromatic rings. The van der Waals surface area contributed by atoms with Crippen LogP contribution in [0.3, 0.4) is 0 Å². The van der Waals surface area contributed by atoms with Gasteiger partial charge in [0.05, 0.1) is 12.3 Å². The summed E-state index contributed by atoms with van der Waals surface area (Å²) in [7, 11) is 0. The zero-order valence-corrected chi connectivity index (χ0v) is 10.8. The molecule has 0 aromatic carbocycles. The minimum absolute atomic E-state index is 0.221. The van der Waals surface area contributed by atoms with Crippen LogP contribution >= 0.6 is 0 Å². The first-order valence-corrected chi connectivity index (χ1v) is 6.16. The first-order valence-electron chi connectivity index (χ1n) is 6.16. The van der Waals surface area contributed by atoms with Gasteiger partial charge in [0.2, 0.25) is 5.88 Å². The first-order chi connectivity index (χ1) is 7.98. The molecule has 1 fully saturated rings. The molecule has 1 aliphatic rings. The molecule has 1 aliphatic carbocycles. The second-order valence-electron chi connectivity index (χ2n) is 5.48. The summed E-state index contributed by atoms with van der Waals surface area (Å²) in [5.41, 5.74) is 6.66. The van der Waals surface area contributed by atoms with Gasteiger partial charge in [-0.25, -0.2) is 0 Å². The molecule has 0 radical (unpaired) electrons. The third-order valence-corrected chi connectivity index (χ3v) is 2.87. The van der Waals surface area contributed by atoms with Gasteiger partial charge in [0.25, 0.3) is 0 Å². The van der Waals surface area contributed by atoms with Crippen molar-refractivity contribution in [2.75, 3.05) is 17.7 Å². The summed E-state index contributed by atoms with van der Waals surface area (Å²) in [5, 5.41) is 3.40. The van der Waals surface area contributed by atoms with Gasteiger partial charge in [-0.15, -0.1) is 0 Å². The highest BCUT2D eigenvalue weighted by Crippen LogP contribution is 2.38. The topological polar surface area (TPSA) is 60.2 Å². The summed E-state index contributed by atoms with van der Waals surface area (Å²) < 4.78 is 5.60. The summed E-state index contributed by atoms with van der Waals surface area (Å²) in [6, 6.07) is 3.75. The van der Waals surface area contributed by atoms with Crippen LogP contribution in [0.25, 0.3) is 0 Å². The fraction of sp³-hybridized carbons (Fsp3) is 0.615. The summed E-state index contributed by atoms with van der Waals surface area (Å²) in [4.78, 5) is 4.41. The number of rotatable bonds is 5. The molecule has 1 heterocycles. The molecule has 17 heavy (non-hydrogen) atoms. The van der Waals surface area contributed by atoms with Crippen molar-refractivity contribution in [2.45, 2.75) is 39.2 Å². The number of nitrogens with two attached hydrogens (primary N) is 1. The van der Waals surface area contributed by atoms with Gasteiger partial charge >= 0.3 is 0 Å². The fourth-order valence-corrected chi connectivity index (χ4v) is 1.50. The summed E-state index contributed by atoms with van der Waals surface area (Å²) in [5.74, 6) is 1.85. The van der Waals surface area contributed by atoms with Gasteiger partial charge in [0, 0.05) is 5.54 Å². The number of pyridine rings is 1. The Balaban J connectivity index is 2.06. The molecule has 0 atom stereocenters. The van der Waals surface area contributed by atoms with Crippen molar-refractivity contribution in [3.05, 3.63) is 12.1 Å². The molecule has 94 valence electrons. The van der Waals surface area contributed by atoms with Crippen LogP contribution in [0.5, 0.6) is 5.88 Å². The minimum Gasteiger partial charge on any atom is -0.476 e. The van der Waals surface area contributed by atoms with E-state index >= 15 is 0 Å². The van der Waals surface area contributed by atoms with Crippen molar-refractivity contribution in [1.82, 2.24) is 4.98 Å². The Morgan fingerprint density at radius 1 is 1.47 bits per heavy atom. The lowest BCUT2D eigenvalue weighted by atomic mass is 10.2. The van der Waals surface area contributed by atoms with Crippen LogP contribution in [0, 0.1) is 5.92 Å². The molecule has 2 rings (SSSR count). The van der Waals surface area contributed by atoms with Crippen LogP contribution in [-0.2, 0) is 0 Å². The molecule has 4 heteroatoms. The summed E-state index contributed by atoms with van der Waals surface area (Å²) >= 11 is 0. The Labute approximate surface area is 103 Å². The van der Waals surface area contributed by atoms with Crippen molar-refractivity contribution in [3.63, 3.8) is 0 Å². The number of anilines is 2. The second kappa shape index (κ2) is 4.43. The number of hydrogen-bond acceptors (Lipinski definition) is 4. The Hall–Kier alpha value is -1.45. The molecule has 3 N–H and O–H groups in total. The number of nitrogen functional groups attached to an aromatic ring is 1. The number of aromatic nitrogens is 1. The minimum atomic E-state index is 0.221. The van der Waals surface area contributed by atoms with E-state index in [-0.39, 0.29) is 5.54 Å². The molecular weight excluding hydrogens is 214 g/mol. The van der Waals surface area contributed by atoms with Crippen molar-refractivity contribution >= 4 is 11.5 Å². The number of hydrogen-bond donors (Lipinski definition) is 2. The smallest absolute Gasteiger partial charge is 0.239 e.